The van der Waals surface area contributed by atoms with Gasteiger partial charge in [-0.15, -0.1) is 0 Å². The van der Waals surface area contributed by atoms with Crippen LogP contribution in [0.4, 0.5) is 5.69 Å². The van der Waals surface area contributed by atoms with Crippen LogP contribution in [-0.4, -0.2) is 25.8 Å². The maximum Gasteiger partial charge on any atom is 0.248 e. The van der Waals surface area contributed by atoms with Gasteiger partial charge < -0.3 is 5.73 Å². The highest BCUT2D eigenvalue weighted by Gasteiger charge is 2.17. The zero-order valence-electron chi connectivity index (χ0n) is 13.1. The fourth-order valence-corrected chi connectivity index (χ4v) is 3.35. The zero-order chi connectivity index (χ0) is 17.1. The average Bonchev–Trinajstić information content (AvgIpc) is 2.54. The van der Waals surface area contributed by atoms with Gasteiger partial charge in [-0.2, -0.15) is 0 Å². The minimum absolute atomic E-state index is 0.402. The second-order valence-electron chi connectivity index (χ2n) is 5.88. The van der Waals surface area contributed by atoms with Crippen LogP contribution >= 0.6 is 0 Å². The predicted octanol–water partition coefficient (Wildman–Crippen LogP) is 1.28. The molecule has 2 aromatic rings. The number of anilines is 1. The summed E-state index contributed by atoms with van der Waals surface area (Å²) < 4.78 is 23.9. The highest BCUT2D eigenvalue weighted by atomic mass is 32.2. The lowest BCUT2D eigenvalue weighted by atomic mass is 9.96. The van der Waals surface area contributed by atoms with Crippen LogP contribution in [0.1, 0.15) is 27.0 Å². The van der Waals surface area contributed by atoms with E-state index < -0.39 is 16.8 Å². The third-order valence-corrected chi connectivity index (χ3v) is 4.58. The summed E-state index contributed by atoms with van der Waals surface area (Å²) >= 11 is 0. The number of primary amides is 1. The molecule has 0 aromatic heterocycles. The van der Waals surface area contributed by atoms with E-state index in [1.54, 1.807) is 12.1 Å². The van der Waals surface area contributed by atoms with Gasteiger partial charge >= 0.3 is 0 Å². The first-order chi connectivity index (χ1) is 11.5. The van der Waals surface area contributed by atoms with Gasteiger partial charge in [0, 0.05) is 30.9 Å². The number of nitrogens with zero attached hydrogens (tertiary/aromatic N) is 1. The molecule has 1 amide bonds. The second kappa shape index (κ2) is 7.02. The van der Waals surface area contributed by atoms with Crippen LogP contribution in [0.3, 0.4) is 0 Å². The molecule has 6 nitrogen and oxygen atoms in total. The van der Waals surface area contributed by atoms with E-state index in [-0.39, 0.29) is 0 Å². The van der Waals surface area contributed by atoms with E-state index in [2.05, 4.69) is 9.62 Å². The number of hydrogen-bond donors (Lipinski definition) is 3. The van der Waals surface area contributed by atoms with Crippen molar-refractivity contribution in [3.63, 3.8) is 0 Å². The monoisotopic (exact) mass is 345 g/mol. The van der Waals surface area contributed by atoms with Gasteiger partial charge in [-0.25, -0.2) is 8.42 Å². The molecule has 0 saturated heterocycles. The first-order valence-corrected chi connectivity index (χ1v) is 8.83. The number of thiol groups is 1. The lowest BCUT2D eigenvalue weighted by Crippen LogP contribution is -2.30. The Balaban J connectivity index is 1.71. The number of carbonyl (C=O) groups is 1. The number of nitrogens with two attached hydrogens (primary N) is 1. The number of benzene rings is 2. The summed E-state index contributed by atoms with van der Waals surface area (Å²) in [6.45, 7) is 2.41. The molecule has 1 heterocycles. The Morgan fingerprint density at radius 3 is 2.75 bits per heavy atom. The van der Waals surface area contributed by atoms with Crippen molar-refractivity contribution in [3.05, 3.63) is 64.7 Å². The summed E-state index contributed by atoms with van der Waals surface area (Å²) in [4.78, 5) is 13.6. The summed E-state index contributed by atoms with van der Waals surface area (Å²) in [5.41, 5.74) is 9.87. The van der Waals surface area contributed by atoms with Crippen molar-refractivity contribution in [1.82, 2.24) is 4.90 Å². The molecule has 24 heavy (non-hydrogen) atoms. The first-order valence-electron chi connectivity index (χ1n) is 7.65. The molecule has 1 aliphatic rings. The highest BCUT2D eigenvalue weighted by Crippen LogP contribution is 2.22. The Kier molecular flexibility index (Phi) is 4.82. The average molecular weight is 345 g/mol. The van der Waals surface area contributed by atoms with Crippen LogP contribution < -0.4 is 10.5 Å². The Labute approximate surface area is 142 Å². The summed E-state index contributed by atoms with van der Waals surface area (Å²) in [6.07, 6.45) is 0.862. The van der Waals surface area contributed by atoms with Crippen LogP contribution in [0, 0.1) is 0 Å². The summed E-state index contributed by atoms with van der Waals surface area (Å²) in [5, 5.41) is 0. The maximum atomic E-state index is 11.3. The van der Waals surface area contributed by atoms with Crippen molar-refractivity contribution >= 4 is 22.5 Å². The quantitative estimate of drug-likeness (QED) is 0.712. The van der Waals surface area contributed by atoms with Gasteiger partial charge in [0.25, 0.3) is 0 Å². The summed E-state index contributed by atoms with van der Waals surface area (Å²) in [5.74, 6) is -0.402. The number of amides is 1. The number of hydrogen-bond acceptors (Lipinski definition) is 4. The predicted molar refractivity (Wildman–Crippen MR) is 93.2 cm³/mol. The minimum Gasteiger partial charge on any atom is -0.366 e. The second-order valence-corrected chi connectivity index (χ2v) is 6.62. The van der Waals surface area contributed by atoms with Crippen molar-refractivity contribution in [3.8, 4) is 0 Å². The summed E-state index contributed by atoms with van der Waals surface area (Å²) in [7, 11) is -2.65. The van der Waals surface area contributed by atoms with Gasteiger partial charge in [-0.1, -0.05) is 18.2 Å². The van der Waals surface area contributed by atoms with Gasteiger partial charge in [0.1, 0.15) is 0 Å². The third kappa shape index (κ3) is 3.93. The fraction of sp³-hybridized carbons (Fsp3) is 0.235. The Hall–Kier alpha value is -2.38. The van der Waals surface area contributed by atoms with E-state index in [4.69, 9.17) is 5.73 Å². The molecule has 0 aliphatic carbocycles. The molecule has 0 spiro atoms. The van der Waals surface area contributed by atoms with Crippen LogP contribution in [0.2, 0.25) is 0 Å². The number of carbonyl (C=O) groups excluding carboxylic acids is 1. The summed E-state index contributed by atoms with van der Waals surface area (Å²) in [6, 6.07) is 13.0. The van der Waals surface area contributed by atoms with E-state index in [9.17, 15) is 13.2 Å². The fourth-order valence-electron chi connectivity index (χ4n) is 3.00. The number of rotatable bonds is 5. The smallest absolute Gasteiger partial charge is 0.248 e. The maximum absolute atomic E-state index is 11.3. The molecule has 0 unspecified atom stereocenters. The van der Waals surface area contributed by atoms with Crippen LogP contribution in [-0.2, 0) is 30.4 Å². The van der Waals surface area contributed by atoms with Crippen molar-refractivity contribution in [2.45, 2.75) is 19.5 Å². The SMILES string of the molecule is NC(=O)c1ccc2c(c1)CCN(Cc1cccc(N[SH](=O)=O)c1)C2. The molecule has 0 fully saturated rings. The normalized spacial score (nSPS) is 14.4. The van der Waals surface area contributed by atoms with Crippen LogP contribution in [0.25, 0.3) is 0 Å². The van der Waals surface area contributed by atoms with E-state index in [1.165, 1.54) is 11.1 Å². The number of nitrogens with one attached hydrogen (secondary N) is 1. The van der Waals surface area contributed by atoms with Crippen molar-refractivity contribution in [2.24, 2.45) is 5.73 Å². The van der Waals surface area contributed by atoms with E-state index in [0.717, 1.165) is 31.6 Å². The Bertz CT molecular complexity index is 841. The molecule has 0 bridgehead atoms. The van der Waals surface area contributed by atoms with E-state index in [0.29, 0.717) is 11.3 Å². The Morgan fingerprint density at radius 1 is 1.17 bits per heavy atom. The molecular formula is C17H19N3O3S. The van der Waals surface area contributed by atoms with Gasteiger partial charge in [-0.3, -0.25) is 14.4 Å². The molecule has 126 valence electrons. The lowest BCUT2D eigenvalue weighted by Gasteiger charge is -2.29. The molecule has 3 N–H and O–H groups in total. The van der Waals surface area contributed by atoms with Crippen molar-refractivity contribution in [1.29, 1.82) is 0 Å². The molecule has 2 aromatic carbocycles. The first kappa shape index (κ1) is 16.5. The van der Waals surface area contributed by atoms with Crippen LogP contribution in [0.5, 0.6) is 0 Å². The van der Waals surface area contributed by atoms with Crippen molar-refractivity contribution < 1.29 is 13.2 Å². The third-order valence-electron chi connectivity index (χ3n) is 4.14. The zero-order valence-corrected chi connectivity index (χ0v) is 14.0. The topological polar surface area (TPSA) is 92.5 Å². The molecule has 0 radical (unpaired) electrons. The van der Waals surface area contributed by atoms with Gasteiger partial charge in [0.2, 0.25) is 16.8 Å². The minimum atomic E-state index is -2.65. The molecule has 3 rings (SSSR count). The molecule has 0 atom stereocenters. The van der Waals surface area contributed by atoms with Crippen molar-refractivity contribution in [2.75, 3.05) is 11.3 Å². The number of fused-ring (bicyclic) bond motifs is 1. The van der Waals surface area contributed by atoms with Crippen LogP contribution in [0.15, 0.2) is 42.5 Å². The van der Waals surface area contributed by atoms with E-state index >= 15 is 0 Å². The Morgan fingerprint density at radius 2 is 2.00 bits per heavy atom. The lowest BCUT2D eigenvalue weighted by molar-refractivity contribution is 0.1000. The molecule has 1 aliphatic heterocycles. The van der Waals surface area contributed by atoms with E-state index in [1.807, 2.05) is 30.3 Å². The molecular weight excluding hydrogens is 326 g/mol. The molecule has 0 saturated carbocycles. The van der Waals surface area contributed by atoms with Gasteiger partial charge in [0.15, 0.2) is 0 Å². The molecule has 7 heteroatoms. The highest BCUT2D eigenvalue weighted by molar-refractivity contribution is 7.73. The van der Waals surface area contributed by atoms with Gasteiger partial charge in [0.05, 0.1) is 0 Å². The van der Waals surface area contributed by atoms with Gasteiger partial charge in [-0.05, 0) is 47.4 Å². The largest absolute Gasteiger partial charge is 0.366 e. The standard InChI is InChI=1S/C17H19N3O3S/c18-17(21)14-4-5-15-11-20(7-6-13(15)9-14)10-12-2-1-3-16(8-12)19-24(22)23/h1-5,8-9,24H,6-7,10-11H2,(H2,18,21)(H,19,22,23).